The van der Waals surface area contributed by atoms with E-state index in [1.54, 1.807) is 19.3 Å². The van der Waals surface area contributed by atoms with Crippen molar-refractivity contribution >= 4 is 17.5 Å². The van der Waals surface area contributed by atoms with E-state index >= 15 is 0 Å². The average molecular weight is 268 g/mol. The number of hydrogen-bond donors (Lipinski definition) is 2. The molecule has 0 aliphatic carbocycles. The van der Waals surface area contributed by atoms with Crippen molar-refractivity contribution in [2.75, 3.05) is 12.4 Å². The summed E-state index contributed by atoms with van der Waals surface area (Å²) >= 11 is 0. The summed E-state index contributed by atoms with van der Waals surface area (Å²) in [5.41, 5.74) is 1.57. The minimum absolute atomic E-state index is 0.160. The van der Waals surface area contributed by atoms with Gasteiger partial charge >= 0.3 is 0 Å². The summed E-state index contributed by atoms with van der Waals surface area (Å²) in [6.07, 6.45) is 3.22. The Labute approximate surface area is 114 Å². The van der Waals surface area contributed by atoms with Crippen LogP contribution in [0.3, 0.4) is 0 Å². The Morgan fingerprint density at radius 3 is 2.50 bits per heavy atom. The molecule has 0 saturated carbocycles. The van der Waals surface area contributed by atoms with Crippen LogP contribution in [0.1, 0.15) is 15.9 Å². The first-order valence-corrected chi connectivity index (χ1v) is 6.08. The number of allylic oxidation sites excluding steroid dienone is 1. The highest BCUT2D eigenvalue weighted by atomic mass is 16.5. The van der Waals surface area contributed by atoms with Gasteiger partial charge in [0.05, 0.1) is 18.5 Å². The molecule has 1 aliphatic heterocycles. The molecule has 2 heterocycles. The summed E-state index contributed by atoms with van der Waals surface area (Å²) in [7, 11) is 1.60. The molecular weight excluding hydrogens is 256 g/mol. The van der Waals surface area contributed by atoms with Crippen LogP contribution in [0.15, 0.2) is 47.0 Å². The van der Waals surface area contributed by atoms with Gasteiger partial charge in [0.1, 0.15) is 11.3 Å². The van der Waals surface area contributed by atoms with E-state index in [1.165, 1.54) is 6.20 Å². The third-order valence-electron chi connectivity index (χ3n) is 3.13. The lowest BCUT2D eigenvalue weighted by molar-refractivity contribution is 0.104. The lowest BCUT2D eigenvalue weighted by atomic mass is 10.1. The molecule has 2 N–H and O–H groups in total. The minimum Gasteiger partial charge on any atom is -0.497 e. The van der Waals surface area contributed by atoms with E-state index in [2.05, 4.69) is 10.3 Å². The molecule has 1 aromatic heterocycles. The van der Waals surface area contributed by atoms with E-state index in [-0.39, 0.29) is 16.9 Å². The summed E-state index contributed by atoms with van der Waals surface area (Å²) < 4.78 is 5.08. The second-order valence-electron chi connectivity index (χ2n) is 4.38. The summed E-state index contributed by atoms with van der Waals surface area (Å²) in [6.45, 7) is 0. The second-order valence-corrected chi connectivity index (χ2v) is 4.38. The molecule has 2 aromatic rings. The third-order valence-corrected chi connectivity index (χ3v) is 3.13. The summed E-state index contributed by atoms with van der Waals surface area (Å²) in [5, 5.41) is 2.96. The molecule has 1 aliphatic rings. The maximum atomic E-state index is 12.2. The number of Topliss-reactive ketones (excluding diaryl/α,β-unsaturated/α-hetero) is 1. The Morgan fingerprint density at radius 1 is 1.10 bits per heavy atom. The third kappa shape index (κ3) is 1.99. The number of aromatic nitrogens is 1. The molecule has 0 fully saturated rings. The zero-order valence-corrected chi connectivity index (χ0v) is 10.8. The number of ketones is 1. The number of anilines is 1. The maximum Gasteiger partial charge on any atom is 0.261 e. The van der Waals surface area contributed by atoms with E-state index in [0.29, 0.717) is 11.4 Å². The highest BCUT2D eigenvalue weighted by molar-refractivity contribution is 6.20. The molecular formula is C15H12N2O3. The number of pyridine rings is 1. The smallest absolute Gasteiger partial charge is 0.261 e. The number of methoxy groups -OCH3 is 1. The maximum absolute atomic E-state index is 12.2. The first kappa shape index (κ1) is 12.2. The van der Waals surface area contributed by atoms with Crippen molar-refractivity contribution in [2.24, 2.45) is 0 Å². The van der Waals surface area contributed by atoms with Gasteiger partial charge in [0.25, 0.3) is 5.56 Å². The number of rotatable bonds is 2. The van der Waals surface area contributed by atoms with Crippen LogP contribution in [0, 0.1) is 0 Å². The Morgan fingerprint density at radius 2 is 1.85 bits per heavy atom. The van der Waals surface area contributed by atoms with Gasteiger partial charge < -0.3 is 15.0 Å². The number of nitrogens with one attached hydrogen (secondary N) is 2. The largest absolute Gasteiger partial charge is 0.497 e. The molecule has 0 unspecified atom stereocenters. The van der Waals surface area contributed by atoms with Crippen LogP contribution in [-0.4, -0.2) is 17.9 Å². The van der Waals surface area contributed by atoms with Crippen molar-refractivity contribution in [3.63, 3.8) is 0 Å². The van der Waals surface area contributed by atoms with Crippen molar-refractivity contribution in [3.05, 3.63) is 63.7 Å². The van der Waals surface area contributed by atoms with E-state index < -0.39 is 0 Å². The minimum atomic E-state index is -0.377. The predicted molar refractivity (Wildman–Crippen MR) is 76.0 cm³/mol. The van der Waals surface area contributed by atoms with Crippen molar-refractivity contribution in [1.82, 2.24) is 4.98 Å². The zero-order chi connectivity index (χ0) is 14.1. The summed E-state index contributed by atoms with van der Waals surface area (Å²) in [4.78, 5) is 26.3. The summed E-state index contributed by atoms with van der Waals surface area (Å²) in [5.74, 6) is 0.454. The SMILES string of the molecule is COc1ccc(C=C2Nc3cc[nH]c(=O)c3C2=O)cc1. The number of carbonyl (C=O) groups excluding carboxylic acids is 1. The molecule has 20 heavy (non-hydrogen) atoms. The fourth-order valence-corrected chi connectivity index (χ4v) is 2.11. The van der Waals surface area contributed by atoms with E-state index in [1.807, 2.05) is 24.3 Å². The average Bonchev–Trinajstić information content (AvgIpc) is 2.78. The van der Waals surface area contributed by atoms with Crippen LogP contribution >= 0.6 is 0 Å². The van der Waals surface area contributed by atoms with Crippen molar-refractivity contribution < 1.29 is 9.53 Å². The standard InChI is InChI=1S/C15H12N2O3/c1-20-10-4-2-9(3-5-10)8-12-14(18)13-11(17-12)6-7-16-15(13)19/h2-8,17H,1H3,(H,16,19). The lowest BCUT2D eigenvalue weighted by Crippen LogP contribution is -2.13. The molecule has 0 saturated heterocycles. The molecule has 0 spiro atoms. The Bertz CT molecular complexity index is 757. The van der Waals surface area contributed by atoms with Gasteiger partial charge in [-0.1, -0.05) is 12.1 Å². The number of fused-ring (bicyclic) bond motifs is 1. The van der Waals surface area contributed by atoms with Crippen LogP contribution in [-0.2, 0) is 0 Å². The molecule has 5 heteroatoms. The van der Waals surface area contributed by atoms with E-state index in [0.717, 1.165) is 11.3 Å². The van der Waals surface area contributed by atoms with Crippen LogP contribution < -0.4 is 15.6 Å². The first-order valence-electron chi connectivity index (χ1n) is 6.08. The Kier molecular flexibility index (Phi) is 2.87. The molecule has 3 rings (SSSR count). The number of ether oxygens (including phenoxy) is 1. The predicted octanol–water partition coefficient (Wildman–Crippen LogP) is 2.03. The molecule has 5 nitrogen and oxygen atoms in total. The van der Waals surface area contributed by atoms with E-state index in [4.69, 9.17) is 4.74 Å². The number of hydrogen-bond acceptors (Lipinski definition) is 4. The molecule has 100 valence electrons. The van der Waals surface area contributed by atoms with Crippen LogP contribution in [0.4, 0.5) is 5.69 Å². The fourth-order valence-electron chi connectivity index (χ4n) is 2.11. The highest BCUT2D eigenvalue weighted by Gasteiger charge is 2.27. The monoisotopic (exact) mass is 268 g/mol. The van der Waals surface area contributed by atoms with Crippen LogP contribution in [0.2, 0.25) is 0 Å². The van der Waals surface area contributed by atoms with Gasteiger partial charge in [-0.3, -0.25) is 9.59 Å². The van der Waals surface area contributed by atoms with Crippen molar-refractivity contribution in [2.45, 2.75) is 0 Å². The Balaban J connectivity index is 1.97. The molecule has 0 atom stereocenters. The molecule has 0 amide bonds. The van der Waals surface area contributed by atoms with Crippen LogP contribution in [0.25, 0.3) is 6.08 Å². The molecule has 0 radical (unpaired) electrons. The van der Waals surface area contributed by atoms with Gasteiger partial charge in [0.15, 0.2) is 0 Å². The van der Waals surface area contributed by atoms with Gasteiger partial charge in [-0.25, -0.2) is 0 Å². The van der Waals surface area contributed by atoms with Crippen molar-refractivity contribution in [1.29, 1.82) is 0 Å². The fraction of sp³-hybridized carbons (Fsp3) is 0.0667. The number of benzene rings is 1. The highest BCUT2D eigenvalue weighted by Crippen LogP contribution is 2.26. The molecule has 0 bridgehead atoms. The van der Waals surface area contributed by atoms with Gasteiger partial charge in [-0.15, -0.1) is 0 Å². The number of carbonyl (C=O) groups is 1. The van der Waals surface area contributed by atoms with Gasteiger partial charge in [-0.05, 0) is 29.8 Å². The second kappa shape index (κ2) is 4.70. The van der Waals surface area contributed by atoms with E-state index in [9.17, 15) is 9.59 Å². The van der Waals surface area contributed by atoms with Crippen LogP contribution in [0.5, 0.6) is 5.75 Å². The summed E-state index contributed by atoms with van der Waals surface area (Å²) in [6, 6.07) is 8.98. The number of aromatic amines is 1. The normalized spacial score (nSPS) is 15.1. The van der Waals surface area contributed by atoms with Gasteiger partial charge in [0.2, 0.25) is 5.78 Å². The Hall–Kier alpha value is -2.82. The topological polar surface area (TPSA) is 71.2 Å². The quantitative estimate of drug-likeness (QED) is 0.817. The lowest BCUT2D eigenvalue weighted by Gasteiger charge is -2.01. The van der Waals surface area contributed by atoms with Gasteiger partial charge in [0, 0.05) is 6.20 Å². The zero-order valence-electron chi connectivity index (χ0n) is 10.8. The molecule has 1 aromatic carbocycles. The van der Waals surface area contributed by atoms with Gasteiger partial charge in [-0.2, -0.15) is 0 Å². The van der Waals surface area contributed by atoms with Crippen molar-refractivity contribution in [3.8, 4) is 5.75 Å². The first-order chi connectivity index (χ1) is 9.69. The number of H-pyrrole nitrogens is 1.